The Morgan fingerprint density at radius 2 is 2.36 bits per heavy atom. The number of aromatic nitrogens is 3. The van der Waals surface area contributed by atoms with E-state index in [1.54, 1.807) is 10.9 Å². The molecule has 1 N–H and O–H groups in total. The molecule has 0 aromatic carbocycles. The molecule has 1 aromatic rings. The molecule has 0 aliphatic heterocycles. The van der Waals surface area contributed by atoms with Crippen LogP contribution in [0.3, 0.4) is 0 Å². The van der Waals surface area contributed by atoms with Crippen LogP contribution < -0.4 is 0 Å². The summed E-state index contributed by atoms with van der Waals surface area (Å²) in [5.74, 6) is -0.885. The fraction of sp³-hybridized carbons (Fsp3) is 0.625. The molecule has 0 aliphatic rings. The first-order valence-corrected chi connectivity index (χ1v) is 4.33. The van der Waals surface area contributed by atoms with Gasteiger partial charge >= 0.3 is 5.97 Å². The summed E-state index contributed by atoms with van der Waals surface area (Å²) >= 11 is 0. The van der Waals surface area contributed by atoms with Crippen LogP contribution in [0.4, 0.5) is 0 Å². The molecule has 0 saturated carbocycles. The van der Waals surface area contributed by atoms with Gasteiger partial charge in [0.2, 0.25) is 0 Å². The summed E-state index contributed by atoms with van der Waals surface area (Å²) in [5.41, 5.74) is 0.497. The monoisotopic (exact) mass is 198 g/mol. The summed E-state index contributed by atoms with van der Waals surface area (Å²) in [6, 6.07) is 0. The SMILES string of the molecule is CN(C)CCn1cc(CC(=O)O)nn1. The van der Waals surface area contributed by atoms with Gasteiger partial charge in [-0.1, -0.05) is 5.21 Å². The van der Waals surface area contributed by atoms with Crippen molar-refractivity contribution >= 4 is 5.97 Å². The van der Waals surface area contributed by atoms with Crippen LogP contribution >= 0.6 is 0 Å². The van der Waals surface area contributed by atoms with Gasteiger partial charge in [-0.25, -0.2) is 0 Å². The first kappa shape index (κ1) is 10.6. The standard InChI is InChI=1S/C8H14N4O2/c1-11(2)3-4-12-6-7(9-10-12)5-8(13)14/h6H,3-5H2,1-2H3,(H,13,14). The number of aliphatic carboxylic acids is 1. The summed E-state index contributed by atoms with van der Waals surface area (Å²) in [4.78, 5) is 12.4. The Balaban J connectivity index is 2.46. The Labute approximate surface area is 82.1 Å². The van der Waals surface area contributed by atoms with Crippen LogP contribution in [0, 0.1) is 0 Å². The van der Waals surface area contributed by atoms with Crippen LogP contribution in [0.25, 0.3) is 0 Å². The molecular formula is C8H14N4O2. The summed E-state index contributed by atoms with van der Waals surface area (Å²) in [5, 5.41) is 16.1. The van der Waals surface area contributed by atoms with E-state index in [1.807, 2.05) is 19.0 Å². The van der Waals surface area contributed by atoms with Gasteiger partial charge in [0, 0.05) is 12.7 Å². The highest BCUT2D eigenvalue weighted by molar-refractivity contribution is 5.69. The number of nitrogens with zero attached hydrogens (tertiary/aromatic N) is 4. The van der Waals surface area contributed by atoms with Gasteiger partial charge in [0.15, 0.2) is 0 Å². The molecule has 1 heterocycles. The third-order valence-electron chi connectivity index (χ3n) is 1.69. The molecule has 78 valence electrons. The van der Waals surface area contributed by atoms with Crippen molar-refractivity contribution in [3.05, 3.63) is 11.9 Å². The molecular weight excluding hydrogens is 184 g/mol. The van der Waals surface area contributed by atoms with Crippen LogP contribution in [-0.2, 0) is 17.8 Å². The van der Waals surface area contributed by atoms with Crippen molar-refractivity contribution in [1.82, 2.24) is 19.9 Å². The molecule has 1 rings (SSSR count). The normalized spacial score (nSPS) is 10.8. The fourth-order valence-electron chi connectivity index (χ4n) is 0.986. The Morgan fingerprint density at radius 1 is 1.64 bits per heavy atom. The minimum absolute atomic E-state index is 0.0675. The predicted molar refractivity (Wildman–Crippen MR) is 49.9 cm³/mol. The highest BCUT2D eigenvalue weighted by Gasteiger charge is 2.05. The molecule has 0 unspecified atom stereocenters. The van der Waals surface area contributed by atoms with E-state index in [4.69, 9.17) is 5.11 Å². The average molecular weight is 198 g/mol. The van der Waals surface area contributed by atoms with Gasteiger partial charge in [-0.3, -0.25) is 9.48 Å². The second kappa shape index (κ2) is 4.71. The van der Waals surface area contributed by atoms with E-state index in [-0.39, 0.29) is 6.42 Å². The minimum Gasteiger partial charge on any atom is -0.481 e. The molecule has 0 fully saturated rings. The summed E-state index contributed by atoms with van der Waals surface area (Å²) in [6.45, 7) is 1.58. The molecule has 0 saturated heterocycles. The topological polar surface area (TPSA) is 71.2 Å². The maximum Gasteiger partial charge on any atom is 0.309 e. The van der Waals surface area contributed by atoms with E-state index in [9.17, 15) is 4.79 Å². The maximum absolute atomic E-state index is 10.4. The third-order valence-corrected chi connectivity index (χ3v) is 1.69. The molecule has 14 heavy (non-hydrogen) atoms. The molecule has 1 aromatic heterocycles. The van der Waals surface area contributed by atoms with Gasteiger partial charge in [0.25, 0.3) is 0 Å². The Kier molecular flexibility index (Phi) is 3.58. The van der Waals surface area contributed by atoms with Crippen molar-refractivity contribution in [2.24, 2.45) is 0 Å². The number of carboxylic acid groups (broad SMARTS) is 1. The highest BCUT2D eigenvalue weighted by atomic mass is 16.4. The van der Waals surface area contributed by atoms with Crippen molar-refractivity contribution in [3.63, 3.8) is 0 Å². The lowest BCUT2D eigenvalue weighted by Crippen LogP contribution is -2.18. The maximum atomic E-state index is 10.4. The second-order valence-electron chi connectivity index (χ2n) is 3.35. The summed E-state index contributed by atoms with van der Waals surface area (Å²) < 4.78 is 1.65. The Hall–Kier alpha value is -1.43. The number of carbonyl (C=O) groups is 1. The van der Waals surface area contributed by atoms with Crippen LogP contribution in [-0.4, -0.2) is 51.6 Å². The van der Waals surface area contributed by atoms with E-state index < -0.39 is 5.97 Å². The first-order chi connectivity index (χ1) is 6.58. The molecule has 0 spiro atoms. The molecule has 0 amide bonds. The van der Waals surface area contributed by atoms with Gasteiger partial charge in [0.05, 0.1) is 18.7 Å². The van der Waals surface area contributed by atoms with Crippen LogP contribution in [0.5, 0.6) is 0 Å². The second-order valence-corrected chi connectivity index (χ2v) is 3.35. The lowest BCUT2D eigenvalue weighted by atomic mass is 10.3. The van der Waals surface area contributed by atoms with Gasteiger partial charge in [-0.15, -0.1) is 5.10 Å². The van der Waals surface area contributed by atoms with Gasteiger partial charge in [-0.05, 0) is 14.1 Å². The molecule has 0 radical (unpaired) electrons. The molecule has 0 atom stereocenters. The zero-order chi connectivity index (χ0) is 10.6. The fourth-order valence-corrected chi connectivity index (χ4v) is 0.986. The number of hydrogen-bond donors (Lipinski definition) is 1. The van der Waals surface area contributed by atoms with E-state index in [0.717, 1.165) is 13.1 Å². The highest BCUT2D eigenvalue weighted by Crippen LogP contribution is 1.94. The molecule has 6 heteroatoms. The molecule has 0 bridgehead atoms. The largest absolute Gasteiger partial charge is 0.481 e. The third kappa shape index (κ3) is 3.53. The molecule has 0 aliphatic carbocycles. The first-order valence-electron chi connectivity index (χ1n) is 4.33. The number of carboxylic acids is 1. The smallest absolute Gasteiger partial charge is 0.309 e. The van der Waals surface area contributed by atoms with E-state index in [2.05, 4.69) is 10.3 Å². The van der Waals surface area contributed by atoms with Crippen molar-refractivity contribution < 1.29 is 9.90 Å². The zero-order valence-corrected chi connectivity index (χ0v) is 8.34. The average Bonchev–Trinajstić information content (AvgIpc) is 2.47. The van der Waals surface area contributed by atoms with E-state index >= 15 is 0 Å². The van der Waals surface area contributed by atoms with Crippen molar-refractivity contribution in [2.75, 3.05) is 20.6 Å². The predicted octanol–water partition coefficient (Wildman–Crippen LogP) is -0.533. The summed E-state index contributed by atoms with van der Waals surface area (Å²) in [7, 11) is 3.93. The lowest BCUT2D eigenvalue weighted by Gasteiger charge is -2.07. The summed E-state index contributed by atoms with van der Waals surface area (Å²) in [6.07, 6.45) is 1.60. The molecule has 6 nitrogen and oxygen atoms in total. The van der Waals surface area contributed by atoms with Gasteiger partial charge in [-0.2, -0.15) is 0 Å². The van der Waals surface area contributed by atoms with Gasteiger partial charge < -0.3 is 10.0 Å². The van der Waals surface area contributed by atoms with Gasteiger partial charge in [0.1, 0.15) is 0 Å². The Morgan fingerprint density at radius 3 is 2.93 bits per heavy atom. The number of likely N-dealkylation sites (N-methyl/N-ethyl adjacent to an activating group) is 1. The van der Waals surface area contributed by atoms with Crippen LogP contribution in [0.15, 0.2) is 6.20 Å². The van der Waals surface area contributed by atoms with E-state index in [0.29, 0.717) is 5.69 Å². The van der Waals surface area contributed by atoms with Crippen molar-refractivity contribution in [1.29, 1.82) is 0 Å². The van der Waals surface area contributed by atoms with Crippen LogP contribution in [0.1, 0.15) is 5.69 Å². The minimum atomic E-state index is -0.885. The Bertz CT molecular complexity index is 308. The number of hydrogen-bond acceptors (Lipinski definition) is 4. The van der Waals surface area contributed by atoms with Crippen LogP contribution in [0.2, 0.25) is 0 Å². The van der Waals surface area contributed by atoms with E-state index in [1.165, 1.54) is 0 Å². The zero-order valence-electron chi connectivity index (χ0n) is 8.34. The lowest BCUT2D eigenvalue weighted by molar-refractivity contribution is -0.136. The van der Waals surface area contributed by atoms with Crippen molar-refractivity contribution in [3.8, 4) is 0 Å². The quantitative estimate of drug-likeness (QED) is 0.688. The number of rotatable bonds is 5. The van der Waals surface area contributed by atoms with Crippen molar-refractivity contribution in [2.45, 2.75) is 13.0 Å².